The van der Waals surface area contributed by atoms with Crippen molar-refractivity contribution in [2.45, 2.75) is 6.92 Å². The first kappa shape index (κ1) is 20.2. The molecular formula is C24H17N7O2S. The quantitative estimate of drug-likeness (QED) is 0.346. The van der Waals surface area contributed by atoms with Gasteiger partial charge in [0.1, 0.15) is 22.7 Å². The van der Waals surface area contributed by atoms with Gasteiger partial charge in [0, 0.05) is 29.7 Å². The number of nitrogens with one attached hydrogen (secondary N) is 2. The van der Waals surface area contributed by atoms with Crippen LogP contribution in [0.25, 0.3) is 55.3 Å². The molecule has 0 aromatic carbocycles. The SMILES string of the molecule is COc1cncc(-c2cnc3[nH]nc(-c4nc5c(-c6ccc(C(C)=O)s6)nccc5[nH]4)c3c2)c1. The molecule has 0 fully saturated rings. The average Bonchev–Trinajstić information content (AvgIpc) is 3.61. The van der Waals surface area contributed by atoms with Gasteiger partial charge in [-0.05, 0) is 37.3 Å². The Kier molecular flexibility index (Phi) is 4.66. The summed E-state index contributed by atoms with van der Waals surface area (Å²) in [5.74, 6) is 1.30. The summed E-state index contributed by atoms with van der Waals surface area (Å²) < 4.78 is 5.30. The van der Waals surface area contributed by atoms with Crippen molar-refractivity contribution in [2.24, 2.45) is 0 Å². The molecule has 0 saturated carbocycles. The van der Waals surface area contributed by atoms with E-state index in [2.05, 4.69) is 30.1 Å². The van der Waals surface area contributed by atoms with Crippen LogP contribution in [-0.4, -0.2) is 48.0 Å². The minimum absolute atomic E-state index is 0.0312. The zero-order valence-corrected chi connectivity index (χ0v) is 19.0. The van der Waals surface area contributed by atoms with Gasteiger partial charge in [-0.2, -0.15) is 5.10 Å². The number of pyridine rings is 3. The van der Waals surface area contributed by atoms with Crippen LogP contribution in [0.4, 0.5) is 0 Å². The number of fused-ring (bicyclic) bond motifs is 2. The molecule has 6 heterocycles. The Morgan fingerprint density at radius 3 is 2.74 bits per heavy atom. The van der Waals surface area contributed by atoms with Crippen molar-refractivity contribution in [1.29, 1.82) is 0 Å². The molecule has 166 valence electrons. The molecule has 0 saturated heterocycles. The number of nitrogens with zero attached hydrogens (tertiary/aromatic N) is 5. The third-order valence-corrected chi connectivity index (χ3v) is 6.70. The monoisotopic (exact) mass is 467 g/mol. The molecule has 0 aliphatic rings. The van der Waals surface area contributed by atoms with E-state index in [1.807, 2.05) is 30.3 Å². The number of rotatable bonds is 5. The first-order valence-electron chi connectivity index (χ1n) is 10.4. The van der Waals surface area contributed by atoms with E-state index in [9.17, 15) is 4.79 Å². The molecule has 6 aromatic heterocycles. The summed E-state index contributed by atoms with van der Waals surface area (Å²) in [5, 5.41) is 8.28. The molecular weight excluding hydrogens is 450 g/mol. The van der Waals surface area contributed by atoms with Gasteiger partial charge >= 0.3 is 0 Å². The highest BCUT2D eigenvalue weighted by Crippen LogP contribution is 2.34. The molecule has 0 bridgehead atoms. The fourth-order valence-electron chi connectivity index (χ4n) is 3.81. The van der Waals surface area contributed by atoms with E-state index in [1.165, 1.54) is 11.3 Å². The van der Waals surface area contributed by atoms with Gasteiger partial charge in [-0.25, -0.2) is 9.97 Å². The summed E-state index contributed by atoms with van der Waals surface area (Å²) in [7, 11) is 1.61. The molecule has 34 heavy (non-hydrogen) atoms. The van der Waals surface area contributed by atoms with Gasteiger partial charge in [0.05, 0.1) is 34.0 Å². The Morgan fingerprint density at radius 2 is 1.91 bits per heavy atom. The Labute approximate surface area is 196 Å². The number of aromatic amines is 2. The number of imidazole rings is 1. The van der Waals surface area contributed by atoms with Crippen molar-refractivity contribution in [3.63, 3.8) is 0 Å². The van der Waals surface area contributed by atoms with Crippen molar-refractivity contribution >= 4 is 39.2 Å². The Balaban J connectivity index is 1.47. The van der Waals surface area contributed by atoms with Crippen LogP contribution in [0.3, 0.4) is 0 Å². The number of carbonyl (C=O) groups is 1. The summed E-state index contributed by atoms with van der Waals surface area (Å²) in [5.41, 5.74) is 5.34. The van der Waals surface area contributed by atoms with Crippen LogP contribution in [0.5, 0.6) is 5.75 Å². The number of methoxy groups -OCH3 is 1. The van der Waals surface area contributed by atoms with E-state index in [4.69, 9.17) is 9.72 Å². The third-order valence-electron chi connectivity index (χ3n) is 5.51. The number of ether oxygens (including phenoxy) is 1. The van der Waals surface area contributed by atoms with Crippen LogP contribution in [0.15, 0.2) is 55.1 Å². The number of Topliss-reactive ketones (excluding diaryl/α,β-unsaturated/α-hetero) is 1. The van der Waals surface area contributed by atoms with Crippen LogP contribution >= 0.6 is 11.3 Å². The number of ketones is 1. The van der Waals surface area contributed by atoms with E-state index < -0.39 is 0 Å². The number of thiophene rings is 1. The molecule has 6 rings (SSSR count). The fourth-order valence-corrected chi connectivity index (χ4v) is 4.71. The van der Waals surface area contributed by atoms with E-state index in [1.54, 1.807) is 38.8 Å². The molecule has 2 N–H and O–H groups in total. The minimum atomic E-state index is 0.0312. The molecule has 9 nitrogen and oxygen atoms in total. The van der Waals surface area contributed by atoms with Crippen LogP contribution in [0.2, 0.25) is 0 Å². The lowest BCUT2D eigenvalue weighted by molar-refractivity contribution is 0.102. The van der Waals surface area contributed by atoms with Gasteiger partial charge in [0.2, 0.25) is 0 Å². The molecule has 0 atom stereocenters. The van der Waals surface area contributed by atoms with Crippen molar-refractivity contribution in [3.8, 4) is 39.0 Å². The summed E-state index contributed by atoms with van der Waals surface area (Å²) in [6.07, 6.45) is 6.92. The maximum Gasteiger partial charge on any atom is 0.169 e. The number of hydrogen-bond donors (Lipinski definition) is 2. The van der Waals surface area contributed by atoms with Crippen LogP contribution in [0.1, 0.15) is 16.6 Å². The van der Waals surface area contributed by atoms with Gasteiger partial charge in [-0.3, -0.25) is 19.9 Å². The standard InChI is InChI=1S/C24H17N7O2S/c1-12(32)18-3-4-19(34-18)22-21-17(5-6-26-22)28-24(29-21)20-16-8-14(10-27-23(16)31-30-20)13-7-15(33-2)11-25-9-13/h3-11H,1-2H3,(H,28,29)(H,27,30,31). The van der Waals surface area contributed by atoms with Crippen molar-refractivity contribution in [3.05, 3.63) is 60.0 Å². The first-order chi connectivity index (χ1) is 16.6. The van der Waals surface area contributed by atoms with Gasteiger partial charge in [-0.1, -0.05) is 0 Å². The lowest BCUT2D eigenvalue weighted by Gasteiger charge is -2.04. The molecule has 0 aliphatic heterocycles. The minimum Gasteiger partial charge on any atom is -0.495 e. The largest absolute Gasteiger partial charge is 0.495 e. The first-order valence-corrected chi connectivity index (χ1v) is 11.2. The van der Waals surface area contributed by atoms with Gasteiger partial charge < -0.3 is 9.72 Å². The average molecular weight is 468 g/mol. The Hall–Kier alpha value is -4.44. The maximum absolute atomic E-state index is 11.7. The van der Waals surface area contributed by atoms with Gasteiger partial charge in [0.25, 0.3) is 0 Å². The number of carbonyl (C=O) groups excluding carboxylic acids is 1. The number of aromatic nitrogens is 7. The lowest BCUT2D eigenvalue weighted by Crippen LogP contribution is -1.88. The predicted octanol–water partition coefficient (Wildman–Crippen LogP) is 4.90. The Morgan fingerprint density at radius 1 is 1.03 bits per heavy atom. The lowest BCUT2D eigenvalue weighted by atomic mass is 10.1. The van der Waals surface area contributed by atoms with Crippen LogP contribution < -0.4 is 4.74 Å². The summed E-state index contributed by atoms with van der Waals surface area (Å²) >= 11 is 1.41. The van der Waals surface area contributed by atoms with E-state index in [-0.39, 0.29) is 5.78 Å². The molecule has 0 unspecified atom stereocenters. The van der Waals surface area contributed by atoms with Crippen molar-refractivity contribution in [1.82, 2.24) is 35.1 Å². The summed E-state index contributed by atoms with van der Waals surface area (Å²) in [4.78, 5) is 34.8. The zero-order chi connectivity index (χ0) is 23.2. The number of hydrogen-bond acceptors (Lipinski definition) is 8. The van der Waals surface area contributed by atoms with Crippen molar-refractivity contribution in [2.75, 3.05) is 7.11 Å². The molecule has 6 aromatic rings. The molecule has 10 heteroatoms. The zero-order valence-electron chi connectivity index (χ0n) is 18.2. The number of H-pyrrole nitrogens is 2. The Bertz CT molecular complexity index is 1700. The highest BCUT2D eigenvalue weighted by Gasteiger charge is 2.18. The summed E-state index contributed by atoms with van der Waals surface area (Å²) in [6.45, 7) is 1.56. The van der Waals surface area contributed by atoms with Crippen molar-refractivity contribution < 1.29 is 9.53 Å². The fraction of sp³-hybridized carbons (Fsp3) is 0.0833. The second-order valence-electron chi connectivity index (χ2n) is 7.67. The molecule has 0 amide bonds. The normalized spacial score (nSPS) is 11.4. The third kappa shape index (κ3) is 3.32. The second kappa shape index (κ2) is 7.85. The predicted molar refractivity (Wildman–Crippen MR) is 130 cm³/mol. The van der Waals surface area contributed by atoms with Gasteiger partial charge in [-0.15, -0.1) is 11.3 Å². The smallest absolute Gasteiger partial charge is 0.169 e. The molecule has 0 radical (unpaired) electrons. The second-order valence-corrected chi connectivity index (χ2v) is 8.75. The molecule has 0 spiro atoms. The van der Waals surface area contributed by atoms with E-state index in [0.29, 0.717) is 33.3 Å². The topological polar surface area (TPSA) is 122 Å². The molecule has 0 aliphatic carbocycles. The van der Waals surface area contributed by atoms with Gasteiger partial charge in [0.15, 0.2) is 17.3 Å². The highest BCUT2D eigenvalue weighted by molar-refractivity contribution is 7.17. The van der Waals surface area contributed by atoms with E-state index >= 15 is 0 Å². The van der Waals surface area contributed by atoms with Crippen LogP contribution in [0, 0.1) is 0 Å². The van der Waals surface area contributed by atoms with E-state index in [0.717, 1.165) is 32.6 Å². The van der Waals surface area contributed by atoms with Crippen LogP contribution in [-0.2, 0) is 0 Å². The maximum atomic E-state index is 11.7. The highest BCUT2D eigenvalue weighted by atomic mass is 32.1. The summed E-state index contributed by atoms with van der Waals surface area (Å²) in [6, 6.07) is 9.50.